The monoisotopic (exact) mass is 527 g/mol. The van der Waals surface area contributed by atoms with Crippen molar-refractivity contribution >= 4 is 22.6 Å². The second-order valence-electron chi connectivity index (χ2n) is 10.8. The van der Waals surface area contributed by atoms with Gasteiger partial charge in [0.2, 0.25) is 0 Å². The first-order valence-corrected chi connectivity index (χ1v) is 13.5. The van der Waals surface area contributed by atoms with Crippen LogP contribution in [0.25, 0.3) is 22.2 Å². The predicted molar refractivity (Wildman–Crippen MR) is 156 cm³/mol. The summed E-state index contributed by atoms with van der Waals surface area (Å²) in [5, 5.41) is 8.58. The van der Waals surface area contributed by atoms with E-state index in [1.807, 2.05) is 55.8 Å². The van der Waals surface area contributed by atoms with Crippen LogP contribution in [0.1, 0.15) is 52.8 Å². The molecule has 204 valence electrons. The highest BCUT2D eigenvalue weighted by Crippen LogP contribution is 2.32. The number of rotatable bonds is 6. The number of amides is 1. The number of aromatic nitrogens is 4. The number of pyridine rings is 2. The van der Waals surface area contributed by atoms with Gasteiger partial charge in [-0.05, 0) is 77.6 Å². The van der Waals surface area contributed by atoms with E-state index in [0.717, 1.165) is 71.1 Å². The molecule has 4 heterocycles. The number of likely N-dealkylation sites (N-methyl/N-ethyl adjacent to an activating group) is 1. The Morgan fingerprint density at radius 3 is 2.51 bits per heavy atom. The van der Waals surface area contributed by atoms with Crippen molar-refractivity contribution in [2.45, 2.75) is 47.2 Å². The third kappa shape index (κ3) is 5.31. The molecule has 3 aromatic heterocycles. The molecule has 2 N–H and O–H groups in total. The molecule has 0 atom stereocenters. The molecule has 0 saturated carbocycles. The third-order valence-corrected chi connectivity index (χ3v) is 7.49. The Balaban J connectivity index is 1.55. The molecule has 4 aromatic rings. The number of carbonyl (C=O) groups is 1. The summed E-state index contributed by atoms with van der Waals surface area (Å²) in [5.41, 5.74) is 5.89. The summed E-state index contributed by atoms with van der Waals surface area (Å²) in [6.07, 6.45) is 0. The number of piperazine rings is 1. The van der Waals surface area contributed by atoms with E-state index in [4.69, 9.17) is 10.1 Å². The second kappa shape index (κ2) is 10.6. The molecular formula is C30H37N7O2. The molecule has 39 heavy (non-hydrogen) atoms. The van der Waals surface area contributed by atoms with E-state index in [1.54, 1.807) is 0 Å². The lowest BCUT2D eigenvalue weighted by atomic mass is 10.0. The number of hydrogen-bond donors (Lipinski definition) is 2. The van der Waals surface area contributed by atoms with E-state index < -0.39 is 0 Å². The van der Waals surface area contributed by atoms with E-state index >= 15 is 0 Å². The number of hydrogen-bond acceptors (Lipinski definition) is 6. The van der Waals surface area contributed by atoms with E-state index in [9.17, 15) is 9.59 Å². The smallest absolute Gasteiger partial charge is 0.253 e. The van der Waals surface area contributed by atoms with Gasteiger partial charge in [-0.15, -0.1) is 0 Å². The Bertz CT molecular complexity index is 1590. The summed E-state index contributed by atoms with van der Waals surface area (Å²) < 4.78 is 1.96. The van der Waals surface area contributed by atoms with Crippen molar-refractivity contribution in [3.8, 4) is 11.3 Å². The topological polar surface area (TPSA) is 99.2 Å². The average Bonchev–Trinajstić information content (AvgIpc) is 3.24. The molecule has 1 fully saturated rings. The number of aromatic amines is 1. The lowest BCUT2D eigenvalue weighted by Crippen LogP contribution is -2.44. The zero-order chi connectivity index (χ0) is 27.8. The molecule has 0 bridgehead atoms. The maximum Gasteiger partial charge on any atom is 0.253 e. The number of anilines is 1. The maximum atomic E-state index is 13.7. The van der Waals surface area contributed by atoms with Crippen molar-refractivity contribution in [2.24, 2.45) is 0 Å². The molecule has 1 aliphatic rings. The summed E-state index contributed by atoms with van der Waals surface area (Å²) in [7, 11) is 2.14. The minimum Gasteiger partial charge on any atom is -0.354 e. The number of nitrogens with zero attached hydrogens (tertiary/aromatic N) is 5. The zero-order valence-electron chi connectivity index (χ0n) is 23.6. The van der Waals surface area contributed by atoms with Crippen LogP contribution in [-0.2, 0) is 6.54 Å². The maximum absolute atomic E-state index is 13.7. The van der Waals surface area contributed by atoms with Crippen LogP contribution < -0.4 is 15.8 Å². The number of aryl methyl sites for hydroxylation is 3. The van der Waals surface area contributed by atoms with E-state index in [1.165, 1.54) is 0 Å². The molecule has 0 spiro atoms. The van der Waals surface area contributed by atoms with Gasteiger partial charge in [0.1, 0.15) is 5.82 Å². The fourth-order valence-electron chi connectivity index (χ4n) is 5.33. The van der Waals surface area contributed by atoms with Crippen molar-refractivity contribution in [1.82, 2.24) is 30.0 Å². The minimum absolute atomic E-state index is 0.116. The molecule has 0 unspecified atom stereocenters. The molecule has 9 nitrogen and oxygen atoms in total. The van der Waals surface area contributed by atoms with Crippen LogP contribution in [0, 0.1) is 20.8 Å². The summed E-state index contributed by atoms with van der Waals surface area (Å²) in [4.78, 5) is 38.7. The van der Waals surface area contributed by atoms with Crippen LogP contribution in [0.3, 0.4) is 0 Å². The van der Waals surface area contributed by atoms with Crippen LogP contribution in [0.5, 0.6) is 0 Å². The summed E-state index contributed by atoms with van der Waals surface area (Å²) in [5.74, 6) is 0.692. The number of fused-ring (bicyclic) bond motifs is 1. The predicted octanol–water partition coefficient (Wildman–Crippen LogP) is 3.97. The van der Waals surface area contributed by atoms with Gasteiger partial charge >= 0.3 is 0 Å². The zero-order valence-corrected chi connectivity index (χ0v) is 23.6. The quantitative estimate of drug-likeness (QED) is 0.394. The highest BCUT2D eigenvalue weighted by atomic mass is 16.1. The molecule has 5 rings (SSSR count). The molecule has 1 saturated heterocycles. The fraction of sp³-hybridized carbons (Fsp3) is 0.400. The van der Waals surface area contributed by atoms with E-state index in [2.05, 4.69) is 47.1 Å². The highest BCUT2D eigenvalue weighted by molar-refractivity contribution is 6.09. The van der Waals surface area contributed by atoms with Gasteiger partial charge in [-0.25, -0.2) is 4.98 Å². The van der Waals surface area contributed by atoms with Crippen molar-refractivity contribution < 1.29 is 4.79 Å². The largest absolute Gasteiger partial charge is 0.354 e. The van der Waals surface area contributed by atoms with Crippen molar-refractivity contribution in [3.05, 3.63) is 74.8 Å². The van der Waals surface area contributed by atoms with Crippen molar-refractivity contribution in [3.63, 3.8) is 0 Å². The highest BCUT2D eigenvalue weighted by Gasteiger charge is 2.22. The SMILES string of the molecule is Cc1cc(C)c(CNC(=O)c2cc(-c3cccc(N4CCN(C)CC4)n3)cc3c2c(C)nn3C(C)C)c(=O)[nH]1. The van der Waals surface area contributed by atoms with Gasteiger partial charge in [0, 0.05) is 61.0 Å². The Hall–Kier alpha value is -3.98. The number of benzene rings is 1. The van der Waals surface area contributed by atoms with Gasteiger partial charge in [0.05, 0.1) is 22.5 Å². The summed E-state index contributed by atoms with van der Waals surface area (Å²) in [6, 6.07) is 12.1. The molecule has 0 radical (unpaired) electrons. The average molecular weight is 528 g/mol. The van der Waals surface area contributed by atoms with Gasteiger partial charge in [-0.2, -0.15) is 5.10 Å². The van der Waals surface area contributed by atoms with Crippen molar-refractivity contribution in [1.29, 1.82) is 0 Å². The number of nitrogens with one attached hydrogen (secondary N) is 2. The Kier molecular flexibility index (Phi) is 7.27. The van der Waals surface area contributed by atoms with E-state index in [-0.39, 0.29) is 24.1 Å². The van der Waals surface area contributed by atoms with Gasteiger partial charge < -0.3 is 20.1 Å². The first kappa shape index (κ1) is 26.6. The van der Waals surface area contributed by atoms with Crippen LogP contribution in [0.2, 0.25) is 0 Å². The van der Waals surface area contributed by atoms with Gasteiger partial charge in [-0.1, -0.05) is 6.07 Å². The van der Waals surface area contributed by atoms with Crippen LogP contribution in [-0.4, -0.2) is 63.8 Å². The minimum atomic E-state index is -0.247. The molecule has 1 aliphatic heterocycles. The lowest BCUT2D eigenvalue weighted by molar-refractivity contribution is 0.0952. The summed E-state index contributed by atoms with van der Waals surface area (Å²) >= 11 is 0. The Morgan fingerprint density at radius 1 is 1.08 bits per heavy atom. The second-order valence-corrected chi connectivity index (χ2v) is 10.8. The fourth-order valence-corrected chi connectivity index (χ4v) is 5.33. The summed E-state index contributed by atoms with van der Waals surface area (Å²) in [6.45, 7) is 13.8. The molecular weight excluding hydrogens is 490 g/mol. The molecule has 9 heteroatoms. The molecule has 1 aromatic carbocycles. The van der Waals surface area contributed by atoms with Crippen LogP contribution >= 0.6 is 0 Å². The molecule has 1 amide bonds. The lowest BCUT2D eigenvalue weighted by Gasteiger charge is -2.33. The van der Waals surface area contributed by atoms with Crippen LogP contribution in [0.4, 0.5) is 5.82 Å². The van der Waals surface area contributed by atoms with Crippen LogP contribution in [0.15, 0.2) is 41.2 Å². The van der Waals surface area contributed by atoms with Crippen molar-refractivity contribution in [2.75, 3.05) is 38.1 Å². The Labute approximate surface area is 228 Å². The number of carbonyl (C=O) groups excluding carboxylic acids is 1. The first-order valence-electron chi connectivity index (χ1n) is 13.5. The third-order valence-electron chi connectivity index (χ3n) is 7.49. The van der Waals surface area contributed by atoms with Gasteiger partial charge in [0.25, 0.3) is 11.5 Å². The van der Waals surface area contributed by atoms with E-state index in [0.29, 0.717) is 11.1 Å². The first-order chi connectivity index (χ1) is 18.6. The van der Waals surface area contributed by atoms with Gasteiger partial charge in [-0.3, -0.25) is 14.3 Å². The van der Waals surface area contributed by atoms with Gasteiger partial charge in [0.15, 0.2) is 0 Å². The Morgan fingerprint density at radius 2 is 1.82 bits per heavy atom. The standard InChI is InChI=1S/C30H37N7O2/c1-18(2)37-26-16-22(25-8-7-9-27(33-25)36-12-10-35(6)11-13-36)15-23(28(26)21(5)34-37)29(38)31-17-24-19(3)14-20(4)32-30(24)39/h7-9,14-16,18H,10-13,17H2,1-6H3,(H,31,38)(H,32,39). The normalized spacial score (nSPS) is 14.4. The molecule has 0 aliphatic carbocycles. The number of H-pyrrole nitrogens is 1.